The Balaban J connectivity index is 1.90. The zero-order valence-electron chi connectivity index (χ0n) is 8.29. The van der Waals surface area contributed by atoms with Gasteiger partial charge in [0, 0.05) is 12.3 Å². The number of allylic oxidation sites excluding steroid dienone is 1. The molecule has 3 heteroatoms. The number of carbonyl (C=O) groups excluding carboxylic acids is 1. The van der Waals surface area contributed by atoms with Gasteiger partial charge in [0.15, 0.2) is 5.76 Å². The fourth-order valence-electron chi connectivity index (χ4n) is 2.12. The van der Waals surface area contributed by atoms with Crippen LogP contribution in [0.15, 0.2) is 24.0 Å². The Morgan fingerprint density at radius 2 is 2.36 bits per heavy atom. The van der Waals surface area contributed by atoms with E-state index >= 15 is 0 Å². The molecule has 0 aliphatic heterocycles. The van der Waals surface area contributed by atoms with Crippen molar-refractivity contribution in [3.8, 4) is 0 Å². The molecule has 76 valence electrons. The van der Waals surface area contributed by atoms with Gasteiger partial charge >= 0.3 is 5.97 Å². The first-order valence-corrected chi connectivity index (χ1v) is 4.82. The molecule has 1 fully saturated rings. The van der Waals surface area contributed by atoms with Crippen molar-refractivity contribution in [3.05, 3.63) is 24.0 Å². The van der Waals surface area contributed by atoms with Crippen LogP contribution in [0.2, 0.25) is 0 Å². The molecule has 0 amide bonds. The molecule has 2 bridgehead atoms. The van der Waals surface area contributed by atoms with Crippen molar-refractivity contribution in [2.45, 2.75) is 25.4 Å². The number of ether oxygens (including phenoxy) is 2. The topological polar surface area (TPSA) is 35.5 Å². The second kappa shape index (κ2) is 3.48. The summed E-state index contributed by atoms with van der Waals surface area (Å²) in [7, 11) is 1.42. The van der Waals surface area contributed by atoms with Crippen molar-refractivity contribution in [2.24, 2.45) is 5.92 Å². The predicted molar refractivity (Wildman–Crippen MR) is 51.5 cm³/mol. The van der Waals surface area contributed by atoms with E-state index in [1.165, 1.54) is 12.7 Å². The van der Waals surface area contributed by atoms with Crippen LogP contribution in [0.3, 0.4) is 0 Å². The average Bonchev–Trinajstić information content (AvgIpc) is 2.77. The zero-order chi connectivity index (χ0) is 10.1. The Morgan fingerprint density at radius 3 is 2.86 bits per heavy atom. The van der Waals surface area contributed by atoms with Gasteiger partial charge in [-0.1, -0.05) is 11.6 Å². The largest absolute Gasteiger partial charge is 0.490 e. The fraction of sp³-hybridized carbons (Fsp3) is 0.545. The summed E-state index contributed by atoms with van der Waals surface area (Å²) in [5.41, 5.74) is 1.43. The van der Waals surface area contributed by atoms with E-state index in [1.54, 1.807) is 0 Å². The summed E-state index contributed by atoms with van der Waals surface area (Å²) < 4.78 is 10.0. The Morgan fingerprint density at radius 1 is 1.57 bits per heavy atom. The molecule has 0 aromatic carbocycles. The molecule has 0 saturated heterocycles. The van der Waals surface area contributed by atoms with Crippen molar-refractivity contribution in [3.63, 3.8) is 0 Å². The number of hydrogen-bond donors (Lipinski definition) is 0. The summed E-state index contributed by atoms with van der Waals surface area (Å²) in [6.07, 6.45) is 5.34. The van der Waals surface area contributed by atoms with E-state index in [9.17, 15) is 4.79 Å². The molecule has 0 aromatic heterocycles. The molecular formula is C11H14O3. The SMILES string of the molecule is C=C(OC)C(=O)OC1CC2=CCC1C2. The van der Waals surface area contributed by atoms with Gasteiger partial charge in [-0.15, -0.1) is 0 Å². The summed E-state index contributed by atoms with van der Waals surface area (Å²) in [5, 5.41) is 0. The predicted octanol–water partition coefficient (Wildman–Crippen LogP) is 1.80. The highest BCUT2D eigenvalue weighted by molar-refractivity contribution is 5.85. The Hall–Kier alpha value is -1.25. The first kappa shape index (κ1) is 9.31. The third kappa shape index (κ3) is 1.54. The van der Waals surface area contributed by atoms with Crippen LogP contribution in [0.4, 0.5) is 0 Å². The number of methoxy groups -OCH3 is 1. The van der Waals surface area contributed by atoms with Crippen LogP contribution < -0.4 is 0 Å². The molecule has 2 aliphatic carbocycles. The quantitative estimate of drug-likeness (QED) is 0.297. The number of hydrogen-bond acceptors (Lipinski definition) is 3. The standard InChI is InChI=1S/C11H14O3/c1-7(13-2)11(12)14-10-6-8-3-4-9(10)5-8/h3,9-10H,1,4-6H2,2H3. The zero-order valence-corrected chi connectivity index (χ0v) is 8.29. The van der Waals surface area contributed by atoms with Gasteiger partial charge in [-0.3, -0.25) is 0 Å². The highest BCUT2D eigenvalue weighted by Gasteiger charge is 2.36. The van der Waals surface area contributed by atoms with Gasteiger partial charge in [0.2, 0.25) is 0 Å². The fourth-order valence-corrected chi connectivity index (χ4v) is 2.12. The molecular weight excluding hydrogens is 180 g/mol. The van der Waals surface area contributed by atoms with Crippen LogP contribution in [-0.2, 0) is 14.3 Å². The molecule has 2 rings (SSSR count). The maximum absolute atomic E-state index is 11.3. The van der Waals surface area contributed by atoms with E-state index < -0.39 is 5.97 Å². The van der Waals surface area contributed by atoms with E-state index in [2.05, 4.69) is 12.7 Å². The van der Waals surface area contributed by atoms with Gasteiger partial charge in [0.05, 0.1) is 7.11 Å². The third-order valence-electron chi connectivity index (χ3n) is 2.96. The van der Waals surface area contributed by atoms with Crippen molar-refractivity contribution < 1.29 is 14.3 Å². The smallest absolute Gasteiger partial charge is 0.373 e. The Kier molecular flexibility index (Phi) is 2.32. The van der Waals surface area contributed by atoms with E-state index in [-0.39, 0.29) is 11.9 Å². The Labute approximate surface area is 83.4 Å². The lowest BCUT2D eigenvalue weighted by Gasteiger charge is -2.19. The first-order valence-electron chi connectivity index (χ1n) is 4.82. The molecule has 2 aliphatic rings. The monoisotopic (exact) mass is 194 g/mol. The normalized spacial score (nSPS) is 28.5. The number of esters is 1. The molecule has 1 saturated carbocycles. The summed E-state index contributed by atoms with van der Waals surface area (Å²) in [6, 6.07) is 0. The first-order chi connectivity index (χ1) is 6.70. The third-order valence-corrected chi connectivity index (χ3v) is 2.96. The molecule has 0 N–H and O–H groups in total. The lowest BCUT2D eigenvalue weighted by Crippen LogP contribution is -2.23. The van der Waals surface area contributed by atoms with Crippen LogP contribution in [0.25, 0.3) is 0 Å². The second-order valence-corrected chi connectivity index (χ2v) is 3.84. The molecule has 0 aromatic rings. The van der Waals surface area contributed by atoms with E-state index in [0.717, 1.165) is 19.3 Å². The molecule has 2 unspecified atom stereocenters. The van der Waals surface area contributed by atoms with Crippen LogP contribution in [0.5, 0.6) is 0 Å². The number of fused-ring (bicyclic) bond motifs is 2. The number of rotatable bonds is 3. The maximum atomic E-state index is 11.3. The minimum atomic E-state index is -0.425. The van der Waals surface area contributed by atoms with Crippen molar-refractivity contribution in [1.82, 2.24) is 0 Å². The van der Waals surface area contributed by atoms with Crippen molar-refractivity contribution in [1.29, 1.82) is 0 Å². The van der Waals surface area contributed by atoms with Crippen LogP contribution >= 0.6 is 0 Å². The highest BCUT2D eigenvalue weighted by Crippen LogP contribution is 2.41. The summed E-state index contributed by atoms with van der Waals surface area (Å²) in [6.45, 7) is 3.47. The minimum absolute atomic E-state index is 0.0504. The lowest BCUT2D eigenvalue weighted by molar-refractivity contribution is -0.149. The second-order valence-electron chi connectivity index (χ2n) is 3.84. The molecule has 14 heavy (non-hydrogen) atoms. The highest BCUT2D eigenvalue weighted by atomic mass is 16.6. The number of carbonyl (C=O) groups is 1. The van der Waals surface area contributed by atoms with Gasteiger partial charge in [-0.25, -0.2) is 4.79 Å². The molecule has 3 nitrogen and oxygen atoms in total. The average molecular weight is 194 g/mol. The molecule has 0 radical (unpaired) electrons. The van der Waals surface area contributed by atoms with E-state index in [1.807, 2.05) is 0 Å². The lowest BCUT2D eigenvalue weighted by atomic mass is 10.0. The van der Waals surface area contributed by atoms with Gasteiger partial charge < -0.3 is 9.47 Å². The molecule has 2 atom stereocenters. The van der Waals surface area contributed by atoms with Gasteiger partial charge in [-0.2, -0.15) is 0 Å². The Bertz CT molecular complexity index is 304. The van der Waals surface area contributed by atoms with Crippen LogP contribution in [-0.4, -0.2) is 19.2 Å². The maximum Gasteiger partial charge on any atom is 0.373 e. The van der Waals surface area contributed by atoms with Crippen molar-refractivity contribution >= 4 is 5.97 Å². The van der Waals surface area contributed by atoms with Crippen LogP contribution in [0, 0.1) is 5.92 Å². The van der Waals surface area contributed by atoms with Gasteiger partial charge in [0.25, 0.3) is 0 Å². The molecule has 0 spiro atoms. The van der Waals surface area contributed by atoms with Crippen LogP contribution in [0.1, 0.15) is 19.3 Å². The van der Waals surface area contributed by atoms with Crippen molar-refractivity contribution in [2.75, 3.05) is 7.11 Å². The molecule has 0 heterocycles. The van der Waals surface area contributed by atoms with E-state index in [4.69, 9.17) is 9.47 Å². The summed E-state index contributed by atoms with van der Waals surface area (Å²) in [4.78, 5) is 11.3. The van der Waals surface area contributed by atoms with Gasteiger partial charge in [0.1, 0.15) is 6.10 Å². The van der Waals surface area contributed by atoms with Gasteiger partial charge in [-0.05, 0) is 19.4 Å². The van der Waals surface area contributed by atoms with E-state index in [0.29, 0.717) is 5.92 Å². The summed E-state index contributed by atoms with van der Waals surface area (Å²) >= 11 is 0. The minimum Gasteiger partial charge on any atom is -0.490 e. The summed E-state index contributed by atoms with van der Waals surface area (Å²) in [5.74, 6) is 0.158.